The molecule has 0 unspecified atom stereocenters. The van der Waals surface area contributed by atoms with Crippen LogP contribution >= 0.6 is 0 Å². The maximum absolute atomic E-state index is 14.5. The van der Waals surface area contributed by atoms with E-state index >= 15 is 0 Å². The Hall–Kier alpha value is -4.50. The van der Waals surface area contributed by atoms with Crippen LogP contribution in [0.3, 0.4) is 0 Å². The zero-order valence-corrected chi connectivity index (χ0v) is 56.0. The molecule has 15 saturated heterocycles. The lowest BCUT2D eigenvalue weighted by atomic mass is 9.95. The summed E-state index contributed by atoms with van der Waals surface area (Å²) in [6.45, 7) is -8.49. The molecular weight excluding hydrogens is 1460 g/mol. The Labute approximate surface area is 593 Å². The predicted octanol–water partition coefficient (Wildman–Crippen LogP) is -11.6. The lowest BCUT2D eigenvalue weighted by Crippen LogP contribution is -2.68. The number of benzene rings is 3. The molecule has 105 heavy (non-hydrogen) atoms. The SMILES string of the molecule is O=C1c2ccc(cc2)C(=O)c2ccc(cc2)S(=O)(=O)O[C@H]2[C@H]3O[C@H]4[C@H](O)[C@@H](O)[C@@H](O[C@H]5[C@H](O)[C@@H](OS(=O)(=O)c6ccc1cc6)[C@@H](O[C@H]1[C@H](O)[C@@H](O)[C@@H](O[C@H]6[C@H](O)[C@@H](O)[C@@H](O[C@H]7[C@H](O)[C@@H](O)[C@@H](O[C@H]8[C@H](O)[C@@H](O)[C@@H](O[C@@H]([C@@H]2O)[C@@H](CO)O3)O[C@@H]8CO)O[C@@H]7CO)O[C@@H]6CO)O[C@@H]1CO)O[C@@H]5CO)O[C@@H]4CO. The fourth-order valence-corrected chi connectivity index (χ4v) is 15.8. The van der Waals surface area contributed by atoms with E-state index in [1.54, 1.807) is 0 Å². The van der Waals surface area contributed by atoms with Gasteiger partial charge in [-0.15, -0.1) is 0 Å². The van der Waals surface area contributed by atoms with Crippen molar-refractivity contribution < 1.29 is 198 Å². The molecule has 21 aliphatic rings. The maximum atomic E-state index is 14.5. The summed E-state index contributed by atoms with van der Waals surface area (Å²) in [5.41, 5.74) is -0.375. The number of aliphatic hydroxyl groups is 19. The number of hydrogen-bond acceptors (Lipinski definition) is 41. The molecule has 0 radical (unpaired) electrons. The third-order valence-corrected chi connectivity index (χ3v) is 22.1. The van der Waals surface area contributed by atoms with Gasteiger partial charge in [0.2, 0.25) is 0 Å². The standard InChI is InChI=1S/C62H80O41S2/c63-13-26-47-35(72)40(77)57(88-26)96-49-28(15-65)90-59(42(79)37(49)74)98-52-31(18-68)93-62-54(45(52)82)102-104(84,85)24-9-5-22(6-10-24)33(70)20-1-3-21(4-2-20)34(71)23-7-11-25(12-8-23)105(86,87)103-55-46(83)53(99-60-44(81)39(76)51(101-62)30(17-67)92-60)32(19-69)94-61(55)100-50-29(16-66)91-58(43(80)38(50)75)97-48-27(14-64)89-56(95-47)41(78)36(48)73/h1-12,26-32,35-69,72-83H,13-19H2/t26-,27-,28-,29-,30-,31-,32-,35-,36-,37-,38-,39-,40-,41-,42-,43-,44-,45+,46+,47-,48-,49-,50-,51-,52-,53-,54-,55-,56-,57-,58-,59-,60-,61-,62-/m1/s1. The smallest absolute Gasteiger partial charge is 0.297 e. The van der Waals surface area contributed by atoms with Gasteiger partial charge in [0.1, 0.15) is 159 Å². The topological polar surface area (TPSA) is 634 Å². The highest BCUT2D eigenvalue weighted by Crippen LogP contribution is 2.41. The van der Waals surface area contributed by atoms with E-state index in [0.29, 0.717) is 0 Å². The highest BCUT2D eigenvalue weighted by molar-refractivity contribution is 7.87. The molecule has 21 heterocycles. The largest absolute Gasteiger partial charge is 0.394 e. The minimum atomic E-state index is -5.34. The van der Waals surface area contributed by atoms with E-state index in [1.807, 2.05) is 0 Å². The quantitative estimate of drug-likeness (QED) is 0.0977. The molecule has 24 rings (SSSR count). The molecule has 0 saturated carbocycles. The summed E-state index contributed by atoms with van der Waals surface area (Å²) in [5, 5.41) is 217. The van der Waals surface area contributed by atoms with Crippen molar-refractivity contribution in [3.63, 3.8) is 0 Å². The van der Waals surface area contributed by atoms with Crippen LogP contribution in [0.1, 0.15) is 31.8 Å². The molecule has 0 aromatic heterocycles. The summed E-state index contributed by atoms with van der Waals surface area (Å²) < 4.78 is 152. The Kier molecular flexibility index (Phi) is 25.0. The first-order valence-electron chi connectivity index (χ1n) is 32.9. The van der Waals surface area contributed by atoms with Crippen molar-refractivity contribution in [1.29, 1.82) is 0 Å². The van der Waals surface area contributed by atoms with Gasteiger partial charge in [-0.05, 0) is 48.5 Å². The van der Waals surface area contributed by atoms with Crippen LogP contribution in [0.15, 0.2) is 82.6 Å². The molecular formula is C62H80O41S2. The van der Waals surface area contributed by atoms with Gasteiger partial charge in [-0.3, -0.25) is 18.0 Å². The van der Waals surface area contributed by atoms with Crippen molar-refractivity contribution in [3.8, 4) is 0 Å². The van der Waals surface area contributed by atoms with Crippen LogP contribution in [0.4, 0.5) is 0 Å². The molecule has 35 atom stereocenters. The van der Waals surface area contributed by atoms with Gasteiger partial charge in [0.15, 0.2) is 67.8 Å². The molecule has 3 aromatic rings. The van der Waals surface area contributed by atoms with Crippen molar-refractivity contribution in [3.05, 3.63) is 95.1 Å². The summed E-state index contributed by atoms with van der Waals surface area (Å²) in [7, 11) is -10.7. The molecule has 41 nitrogen and oxygen atoms in total. The number of ketones is 2. The fourth-order valence-electron chi connectivity index (χ4n) is 13.6. The van der Waals surface area contributed by atoms with Gasteiger partial charge >= 0.3 is 0 Å². The molecule has 3 aromatic carbocycles. The molecule has 0 amide bonds. The Morgan fingerprint density at radius 1 is 0.229 bits per heavy atom. The lowest BCUT2D eigenvalue weighted by Gasteiger charge is -2.50. The van der Waals surface area contributed by atoms with Crippen LogP contribution in [-0.4, -0.2) is 387 Å². The molecule has 21 aliphatic heterocycles. The van der Waals surface area contributed by atoms with Crippen LogP contribution in [0.25, 0.3) is 0 Å². The normalized spacial score (nSPS) is 45.6. The van der Waals surface area contributed by atoms with Crippen molar-refractivity contribution in [2.45, 2.75) is 225 Å². The molecule has 15 fully saturated rings. The first-order chi connectivity index (χ1) is 50.0. The van der Waals surface area contributed by atoms with Crippen LogP contribution in [-0.2, 0) is 94.9 Å². The average Bonchev–Trinajstić information content (AvgIpc) is 0.817. The Morgan fingerprint density at radius 3 is 0.600 bits per heavy atom. The van der Waals surface area contributed by atoms with Gasteiger partial charge in [0.05, 0.1) is 56.0 Å². The third-order valence-electron chi connectivity index (χ3n) is 19.4. The van der Waals surface area contributed by atoms with Crippen LogP contribution in [0.5, 0.6) is 0 Å². The number of rotatable bonds is 7. The Bertz CT molecular complexity index is 3620. The highest BCUT2D eigenvalue weighted by Gasteiger charge is 2.61. The number of ether oxygens (including phenoxy) is 14. The van der Waals surface area contributed by atoms with E-state index in [0.717, 1.165) is 48.5 Å². The first kappa shape index (κ1) is 80.0. The van der Waals surface area contributed by atoms with E-state index in [2.05, 4.69) is 0 Å². The van der Waals surface area contributed by atoms with Gasteiger partial charge in [-0.25, -0.2) is 0 Å². The zero-order chi connectivity index (χ0) is 75.6. The van der Waals surface area contributed by atoms with Crippen LogP contribution in [0.2, 0.25) is 0 Å². The van der Waals surface area contributed by atoms with E-state index in [-0.39, 0.29) is 22.3 Å². The summed E-state index contributed by atoms with van der Waals surface area (Å²) in [5.74, 6) is -1.45. The Balaban J connectivity index is 0.954. The summed E-state index contributed by atoms with van der Waals surface area (Å²) in [4.78, 5) is 26.3. The number of hydrogen-bond donors (Lipinski definition) is 19. The monoisotopic (exact) mass is 1540 g/mol. The predicted molar refractivity (Wildman–Crippen MR) is 327 cm³/mol. The van der Waals surface area contributed by atoms with Gasteiger partial charge in [-0.2, -0.15) is 16.8 Å². The first-order valence-corrected chi connectivity index (χ1v) is 35.7. The van der Waals surface area contributed by atoms with E-state index in [1.165, 1.54) is 24.3 Å². The maximum Gasteiger partial charge on any atom is 0.297 e. The fraction of sp³-hybridized carbons (Fsp3) is 0.677. The number of carbonyl (C=O) groups excluding carboxylic acids is 2. The highest BCUT2D eigenvalue weighted by atomic mass is 32.2. The van der Waals surface area contributed by atoms with Crippen molar-refractivity contribution in [1.82, 2.24) is 0 Å². The number of aliphatic hydroxyl groups excluding tert-OH is 19. The second kappa shape index (κ2) is 32.8. The molecule has 0 spiro atoms. The molecule has 0 aliphatic carbocycles. The summed E-state index contributed by atoms with van der Waals surface area (Å²) >= 11 is 0. The Morgan fingerprint density at radius 2 is 0.400 bits per heavy atom. The van der Waals surface area contributed by atoms with Crippen LogP contribution < -0.4 is 0 Å². The van der Waals surface area contributed by atoms with Crippen molar-refractivity contribution >= 4 is 31.8 Å². The van der Waals surface area contributed by atoms with Crippen molar-refractivity contribution in [2.24, 2.45) is 0 Å². The zero-order valence-electron chi connectivity index (χ0n) is 54.4. The minimum absolute atomic E-state index is 0.0411. The van der Waals surface area contributed by atoms with Gasteiger partial charge in [-0.1, -0.05) is 24.3 Å². The van der Waals surface area contributed by atoms with Gasteiger partial charge in [0, 0.05) is 22.3 Å². The minimum Gasteiger partial charge on any atom is -0.394 e. The summed E-state index contributed by atoms with van der Waals surface area (Å²) in [6.07, 6.45) is -78.7. The molecule has 586 valence electrons. The summed E-state index contributed by atoms with van der Waals surface area (Å²) in [6, 6.07) is 12.7. The van der Waals surface area contributed by atoms with Gasteiger partial charge in [0.25, 0.3) is 20.2 Å². The molecule has 22 bridgehead atoms. The number of carbonyl (C=O) groups is 2. The third kappa shape index (κ3) is 15.7. The van der Waals surface area contributed by atoms with E-state index < -0.39 is 303 Å². The molecule has 43 heteroatoms. The lowest BCUT2D eigenvalue weighted by molar-refractivity contribution is -0.396. The van der Waals surface area contributed by atoms with E-state index in [4.69, 9.17) is 74.7 Å². The second-order valence-electron chi connectivity index (χ2n) is 26.0. The van der Waals surface area contributed by atoms with Gasteiger partial charge < -0.3 is 163 Å². The molecule has 19 N–H and O–H groups in total. The van der Waals surface area contributed by atoms with Crippen LogP contribution in [0, 0.1) is 0 Å². The second-order valence-corrected chi connectivity index (χ2v) is 29.1. The van der Waals surface area contributed by atoms with Crippen molar-refractivity contribution in [2.75, 3.05) is 46.2 Å². The van der Waals surface area contributed by atoms with E-state index in [9.17, 15) is 123 Å². The average molecular weight is 1550 g/mol. The number of fused-ring (bicyclic) bond motifs is 8.